The molecule has 1 N–H and O–H groups in total. The van der Waals surface area contributed by atoms with Crippen molar-refractivity contribution < 1.29 is 24.0 Å². The van der Waals surface area contributed by atoms with Crippen LogP contribution in [0.15, 0.2) is 18.7 Å². The molecular formula is C3H6IN2+. The van der Waals surface area contributed by atoms with E-state index in [2.05, 4.69) is 9.97 Å². The fourth-order valence-corrected chi connectivity index (χ4v) is 0.215. The number of nitrogens with zero attached hydrogens (tertiary/aromatic N) is 1. The molecule has 1 aromatic heterocycles. The average Bonchev–Trinajstić information content (AvgIpc) is 1.76. The summed E-state index contributed by atoms with van der Waals surface area (Å²) < 4.78 is 0. The predicted octanol–water partition coefficient (Wildman–Crippen LogP) is -3.12. The molecular weight excluding hydrogens is 191 g/mol. The molecule has 6 heavy (non-hydrogen) atoms. The van der Waals surface area contributed by atoms with Crippen molar-refractivity contribution in [2.24, 2.45) is 0 Å². The molecule has 0 amide bonds. The van der Waals surface area contributed by atoms with Gasteiger partial charge in [0, 0.05) is 12.4 Å². The van der Waals surface area contributed by atoms with Crippen LogP contribution in [0.3, 0.4) is 0 Å². The van der Waals surface area contributed by atoms with Crippen LogP contribution in [-0.2, 0) is 0 Å². The zero-order valence-electron chi connectivity index (χ0n) is 3.13. The lowest BCUT2D eigenvalue weighted by Crippen LogP contribution is -3.00. The van der Waals surface area contributed by atoms with E-state index < -0.39 is 0 Å². The van der Waals surface area contributed by atoms with Crippen LogP contribution in [0.2, 0.25) is 0 Å². The lowest BCUT2D eigenvalue weighted by atomic mass is 11.0. The fraction of sp³-hybridized carbons (Fsp3) is 0. The number of rotatable bonds is 0. The second-order valence-corrected chi connectivity index (χ2v) is 0.761. The largest absolute Gasteiger partial charge is 0.351 e. The number of imidazole rings is 1. The van der Waals surface area contributed by atoms with Crippen molar-refractivity contribution >= 4 is 0 Å². The molecule has 0 saturated heterocycles. The molecule has 0 aliphatic rings. The number of hydrogen-bond acceptors (Lipinski definition) is 1. The molecule has 0 radical (unpaired) electrons. The first-order chi connectivity index (χ1) is 2.50. The maximum atomic E-state index is 3.67. The summed E-state index contributed by atoms with van der Waals surface area (Å²) in [6.45, 7) is 0. The van der Waals surface area contributed by atoms with Gasteiger partial charge >= 0.3 is 0 Å². The second kappa shape index (κ2) is 3.14. The highest BCUT2D eigenvalue weighted by molar-refractivity contribution is 4.64. The summed E-state index contributed by atoms with van der Waals surface area (Å²) in [5, 5.41) is 0. The molecule has 0 saturated carbocycles. The Balaban J connectivity index is 0.000000250. The standard InChI is InChI=1S/C3H4N2.H2I/c1-2-5-3-4-1;/h1-3H,(H,4,5);1H2/q;+1. The van der Waals surface area contributed by atoms with Gasteiger partial charge < -0.3 is 4.98 Å². The molecule has 34 valence electrons. The molecule has 1 aromatic rings. The molecule has 0 unspecified atom stereocenters. The van der Waals surface area contributed by atoms with Crippen molar-refractivity contribution in [3.8, 4) is 0 Å². The summed E-state index contributed by atoms with van der Waals surface area (Å²) in [5.74, 6) is 0. The van der Waals surface area contributed by atoms with Gasteiger partial charge in [-0.1, -0.05) is 0 Å². The van der Waals surface area contributed by atoms with Crippen molar-refractivity contribution in [1.29, 1.82) is 0 Å². The van der Waals surface area contributed by atoms with Crippen LogP contribution in [-0.4, -0.2) is 9.97 Å². The lowest BCUT2D eigenvalue weighted by molar-refractivity contribution is -0.00000116. The van der Waals surface area contributed by atoms with Crippen LogP contribution in [0, 0.1) is 0 Å². The van der Waals surface area contributed by atoms with E-state index in [1.165, 1.54) is 0 Å². The van der Waals surface area contributed by atoms with Gasteiger partial charge in [-0.05, 0) is 0 Å². The monoisotopic (exact) mass is 197 g/mol. The van der Waals surface area contributed by atoms with Crippen LogP contribution >= 0.6 is 0 Å². The molecule has 0 aromatic carbocycles. The predicted molar refractivity (Wildman–Crippen MR) is 21.4 cm³/mol. The highest BCUT2D eigenvalue weighted by Crippen LogP contribution is 1.62. The highest BCUT2D eigenvalue weighted by atomic mass is 127. The smallest absolute Gasteiger partial charge is 0.235 e. The van der Waals surface area contributed by atoms with Gasteiger partial charge in [0.1, 0.15) is 0 Å². The topological polar surface area (TPSA) is 28.7 Å². The maximum Gasteiger partial charge on any atom is 0.235 e. The molecule has 3 heteroatoms. The summed E-state index contributed by atoms with van der Waals surface area (Å²) in [6.07, 6.45) is 5.08. The minimum Gasteiger partial charge on any atom is -0.351 e. The first-order valence-electron chi connectivity index (χ1n) is 1.43. The van der Waals surface area contributed by atoms with E-state index in [-0.39, 0.29) is 24.0 Å². The van der Waals surface area contributed by atoms with Crippen LogP contribution in [0.1, 0.15) is 0 Å². The number of hydrogen-bond donors (Lipinski definition) is 1. The fourth-order valence-electron chi connectivity index (χ4n) is 0.215. The van der Waals surface area contributed by atoms with Gasteiger partial charge in [0.25, 0.3) is 0 Å². The summed E-state index contributed by atoms with van der Waals surface area (Å²) in [7, 11) is 0. The number of halogens is 1. The number of aromatic amines is 1. The second-order valence-electron chi connectivity index (χ2n) is 0.761. The molecule has 0 aliphatic heterocycles. The SMILES string of the molecule is [IH2+].c1c[nH]cn1. The molecule has 0 atom stereocenters. The van der Waals surface area contributed by atoms with Crippen LogP contribution in [0.5, 0.6) is 0 Å². The van der Waals surface area contributed by atoms with Crippen molar-refractivity contribution in [2.45, 2.75) is 0 Å². The quantitative estimate of drug-likeness (QED) is 0.438. The Hall–Kier alpha value is -0.0600. The van der Waals surface area contributed by atoms with Gasteiger partial charge in [-0.2, -0.15) is 0 Å². The lowest BCUT2D eigenvalue weighted by Gasteiger charge is -1.46. The van der Waals surface area contributed by atoms with Crippen LogP contribution in [0.4, 0.5) is 0 Å². The maximum absolute atomic E-state index is 3.67. The molecule has 0 fully saturated rings. The Morgan fingerprint density at radius 1 is 1.50 bits per heavy atom. The minimum absolute atomic E-state index is 0. The third-order valence-corrected chi connectivity index (χ3v) is 0.406. The van der Waals surface area contributed by atoms with Gasteiger partial charge in [-0.25, -0.2) is 4.98 Å². The van der Waals surface area contributed by atoms with Crippen LogP contribution < -0.4 is 24.0 Å². The van der Waals surface area contributed by atoms with E-state index >= 15 is 0 Å². The number of H-pyrrole nitrogens is 1. The van der Waals surface area contributed by atoms with Gasteiger partial charge in [-0.15, -0.1) is 0 Å². The third kappa shape index (κ3) is 1.40. The van der Waals surface area contributed by atoms with E-state index in [9.17, 15) is 0 Å². The van der Waals surface area contributed by atoms with E-state index in [1.807, 2.05) is 0 Å². The summed E-state index contributed by atoms with van der Waals surface area (Å²) in [6, 6.07) is 0. The molecule has 2 nitrogen and oxygen atoms in total. The van der Waals surface area contributed by atoms with Gasteiger partial charge in [0.05, 0.1) is 6.33 Å². The molecule has 1 heterocycles. The Kier molecular flexibility index (Phi) is 3.11. The third-order valence-electron chi connectivity index (χ3n) is 0.406. The Morgan fingerprint density at radius 2 is 2.33 bits per heavy atom. The normalized spacial score (nSPS) is 6.67. The number of aromatic nitrogens is 2. The van der Waals surface area contributed by atoms with Gasteiger partial charge in [0.2, 0.25) is 24.0 Å². The van der Waals surface area contributed by atoms with Crippen molar-refractivity contribution in [3.05, 3.63) is 18.7 Å². The summed E-state index contributed by atoms with van der Waals surface area (Å²) in [5.41, 5.74) is 0. The zero-order chi connectivity index (χ0) is 3.54. The first kappa shape index (κ1) is 5.94. The number of nitrogens with one attached hydrogen (secondary N) is 1. The zero-order valence-corrected chi connectivity index (χ0v) is 5.68. The van der Waals surface area contributed by atoms with E-state index in [0.29, 0.717) is 0 Å². The van der Waals surface area contributed by atoms with Crippen molar-refractivity contribution in [1.82, 2.24) is 9.97 Å². The van der Waals surface area contributed by atoms with E-state index in [0.717, 1.165) is 0 Å². The Bertz CT molecular complexity index is 65.3. The molecule has 0 aliphatic carbocycles. The van der Waals surface area contributed by atoms with Crippen molar-refractivity contribution in [2.75, 3.05) is 0 Å². The highest BCUT2D eigenvalue weighted by Gasteiger charge is 1.56. The minimum atomic E-state index is 0. The Morgan fingerprint density at radius 3 is 2.50 bits per heavy atom. The summed E-state index contributed by atoms with van der Waals surface area (Å²) >= 11 is 0. The average molecular weight is 197 g/mol. The van der Waals surface area contributed by atoms with Gasteiger partial charge in [-0.3, -0.25) is 0 Å². The Labute approximate surface area is 53.0 Å². The molecule has 0 bridgehead atoms. The van der Waals surface area contributed by atoms with Gasteiger partial charge in [0.15, 0.2) is 0 Å². The summed E-state index contributed by atoms with van der Waals surface area (Å²) in [4.78, 5) is 6.42. The van der Waals surface area contributed by atoms with Crippen molar-refractivity contribution in [3.63, 3.8) is 0 Å². The molecule has 0 spiro atoms. The van der Waals surface area contributed by atoms with E-state index in [1.54, 1.807) is 18.7 Å². The van der Waals surface area contributed by atoms with Crippen LogP contribution in [0.25, 0.3) is 0 Å². The van der Waals surface area contributed by atoms with E-state index in [4.69, 9.17) is 0 Å². The molecule has 1 rings (SSSR count). The first-order valence-corrected chi connectivity index (χ1v) is 1.43.